The summed E-state index contributed by atoms with van der Waals surface area (Å²) in [5.74, 6) is -1.02. The largest absolute Gasteiger partial charge is 0.340 e. The molecule has 28 heavy (non-hydrogen) atoms. The van der Waals surface area contributed by atoms with Crippen LogP contribution in [-0.2, 0) is 9.59 Å². The van der Waals surface area contributed by atoms with Crippen molar-refractivity contribution in [2.75, 3.05) is 10.6 Å². The second-order valence-corrected chi connectivity index (χ2v) is 7.34. The van der Waals surface area contributed by atoms with Crippen LogP contribution in [0.2, 0.25) is 5.02 Å². The molecule has 0 spiro atoms. The van der Waals surface area contributed by atoms with Crippen LogP contribution in [0.5, 0.6) is 0 Å². The molecular weight excluding hydrogens is 378 g/mol. The van der Waals surface area contributed by atoms with Gasteiger partial charge in [0.2, 0.25) is 11.8 Å². The second kappa shape index (κ2) is 9.37. The molecule has 0 aromatic heterocycles. The third-order valence-corrected chi connectivity index (χ3v) is 4.38. The van der Waals surface area contributed by atoms with Crippen LogP contribution in [0.15, 0.2) is 42.5 Å². The highest BCUT2D eigenvalue weighted by molar-refractivity contribution is 6.34. The van der Waals surface area contributed by atoms with Gasteiger partial charge in [-0.05, 0) is 43.2 Å². The van der Waals surface area contributed by atoms with E-state index in [1.807, 2.05) is 26.8 Å². The molecule has 0 fully saturated rings. The van der Waals surface area contributed by atoms with E-state index >= 15 is 0 Å². The molecule has 0 heterocycles. The van der Waals surface area contributed by atoms with E-state index < -0.39 is 6.04 Å². The minimum absolute atomic E-state index is 0.122. The fraction of sp³-hybridized carbons (Fsp3) is 0.286. The first kappa shape index (κ1) is 21.4. The molecule has 0 aliphatic carbocycles. The number of carbonyl (C=O) groups excluding carboxylic acids is 3. The van der Waals surface area contributed by atoms with Crippen LogP contribution in [0.3, 0.4) is 0 Å². The number of anilines is 2. The van der Waals surface area contributed by atoms with E-state index in [2.05, 4.69) is 16.0 Å². The summed E-state index contributed by atoms with van der Waals surface area (Å²) >= 11 is 6.14. The maximum atomic E-state index is 12.7. The van der Waals surface area contributed by atoms with Crippen molar-refractivity contribution in [1.82, 2.24) is 5.32 Å². The minimum Gasteiger partial charge on any atom is -0.340 e. The smallest absolute Gasteiger partial charge is 0.251 e. The molecule has 3 N–H and O–H groups in total. The average Bonchev–Trinajstić information content (AvgIpc) is 2.61. The molecule has 0 radical (unpaired) electrons. The molecule has 0 saturated carbocycles. The van der Waals surface area contributed by atoms with Gasteiger partial charge < -0.3 is 16.0 Å². The number of benzene rings is 2. The molecule has 2 aromatic rings. The molecular formula is C21H24ClN3O3. The fourth-order valence-corrected chi connectivity index (χ4v) is 2.88. The lowest BCUT2D eigenvalue weighted by Crippen LogP contribution is -2.47. The molecule has 7 heteroatoms. The highest BCUT2D eigenvalue weighted by Gasteiger charge is 2.25. The van der Waals surface area contributed by atoms with E-state index in [0.29, 0.717) is 22.0 Å². The summed E-state index contributed by atoms with van der Waals surface area (Å²) in [7, 11) is 0. The predicted octanol–water partition coefficient (Wildman–Crippen LogP) is 4.00. The van der Waals surface area contributed by atoms with E-state index in [-0.39, 0.29) is 23.6 Å². The fourth-order valence-electron chi connectivity index (χ4n) is 2.65. The van der Waals surface area contributed by atoms with Crippen molar-refractivity contribution in [2.45, 2.75) is 33.7 Å². The average molecular weight is 402 g/mol. The number of carbonyl (C=O) groups is 3. The lowest BCUT2D eigenvalue weighted by Gasteiger charge is -2.22. The highest BCUT2D eigenvalue weighted by atomic mass is 35.5. The highest BCUT2D eigenvalue weighted by Crippen LogP contribution is 2.25. The van der Waals surface area contributed by atoms with Crippen molar-refractivity contribution >= 4 is 40.7 Å². The van der Waals surface area contributed by atoms with Gasteiger partial charge >= 0.3 is 0 Å². The Morgan fingerprint density at radius 3 is 2.29 bits per heavy atom. The first-order valence-corrected chi connectivity index (χ1v) is 9.30. The zero-order valence-corrected chi connectivity index (χ0v) is 17.1. The van der Waals surface area contributed by atoms with Crippen molar-refractivity contribution < 1.29 is 14.4 Å². The first-order valence-electron chi connectivity index (χ1n) is 8.93. The monoisotopic (exact) mass is 401 g/mol. The summed E-state index contributed by atoms with van der Waals surface area (Å²) in [5.41, 5.74) is 2.40. The third-order valence-electron chi connectivity index (χ3n) is 4.06. The third kappa shape index (κ3) is 5.82. The Morgan fingerprint density at radius 1 is 1.00 bits per heavy atom. The lowest BCUT2D eigenvalue weighted by molar-refractivity contribution is -0.119. The zero-order valence-electron chi connectivity index (χ0n) is 16.3. The van der Waals surface area contributed by atoms with E-state index in [1.54, 1.807) is 36.4 Å². The van der Waals surface area contributed by atoms with Crippen LogP contribution >= 0.6 is 11.6 Å². The quantitative estimate of drug-likeness (QED) is 0.683. The topological polar surface area (TPSA) is 87.3 Å². The number of hydrogen-bond donors (Lipinski definition) is 3. The van der Waals surface area contributed by atoms with Crippen molar-refractivity contribution in [3.8, 4) is 0 Å². The minimum atomic E-state index is -0.721. The van der Waals surface area contributed by atoms with Crippen LogP contribution < -0.4 is 16.0 Å². The number of nitrogens with one attached hydrogen (secondary N) is 3. The van der Waals surface area contributed by atoms with E-state index in [0.717, 1.165) is 5.56 Å². The van der Waals surface area contributed by atoms with Gasteiger partial charge in [0.15, 0.2) is 0 Å². The van der Waals surface area contributed by atoms with E-state index in [1.165, 1.54) is 6.92 Å². The molecule has 1 unspecified atom stereocenters. The predicted molar refractivity (Wildman–Crippen MR) is 112 cm³/mol. The van der Waals surface area contributed by atoms with Gasteiger partial charge in [-0.1, -0.05) is 43.1 Å². The van der Waals surface area contributed by atoms with Gasteiger partial charge in [-0.25, -0.2) is 0 Å². The Hall–Kier alpha value is -2.86. The summed E-state index contributed by atoms with van der Waals surface area (Å²) in [6, 6.07) is 11.2. The van der Waals surface area contributed by atoms with Crippen molar-refractivity contribution in [3.05, 3.63) is 58.6 Å². The number of hydrogen-bond acceptors (Lipinski definition) is 3. The normalized spacial score (nSPS) is 11.6. The molecule has 2 rings (SSSR count). The van der Waals surface area contributed by atoms with Crippen molar-refractivity contribution in [3.63, 3.8) is 0 Å². The molecule has 0 bridgehead atoms. The standard InChI is InChI=1S/C21H24ClN3O3/c1-12(2)19(25-20(27)15-7-5-6-13(3)10-15)21(28)24-16-8-9-18(17(22)11-16)23-14(4)26/h5-12,19H,1-4H3,(H,23,26)(H,24,28)(H,25,27). The van der Waals surface area contributed by atoms with Crippen LogP contribution in [-0.4, -0.2) is 23.8 Å². The number of halogens is 1. The van der Waals surface area contributed by atoms with Gasteiger partial charge in [0.1, 0.15) is 6.04 Å². The number of amides is 3. The Balaban J connectivity index is 2.11. The Labute approximate surface area is 169 Å². The summed E-state index contributed by atoms with van der Waals surface area (Å²) in [6.45, 7) is 7.00. The van der Waals surface area contributed by atoms with E-state index in [4.69, 9.17) is 11.6 Å². The maximum absolute atomic E-state index is 12.7. The van der Waals surface area contributed by atoms with Crippen molar-refractivity contribution in [2.24, 2.45) is 5.92 Å². The molecule has 0 saturated heterocycles. The van der Waals surface area contributed by atoms with Gasteiger partial charge in [0.25, 0.3) is 5.91 Å². The Bertz CT molecular complexity index is 896. The molecule has 1 atom stereocenters. The second-order valence-electron chi connectivity index (χ2n) is 6.93. The first-order chi connectivity index (χ1) is 13.2. The Morgan fingerprint density at radius 2 is 1.71 bits per heavy atom. The summed E-state index contributed by atoms with van der Waals surface area (Å²) in [6.07, 6.45) is 0. The molecule has 148 valence electrons. The zero-order chi connectivity index (χ0) is 20.8. The van der Waals surface area contributed by atoms with Gasteiger partial charge in [0, 0.05) is 18.2 Å². The van der Waals surface area contributed by atoms with Crippen molar-refractivity contribution in [1.29, 1.82) is 0 Å². The van der Waals surface area contributed by atoms with Crippen LogP contribution in [0.25, 0.3) is 0 Å². The van der Waals surface area contributed by atoms with Gasteiger partial charge in [-0.2, -0.15) is 0 Å². The lowest BCUT2D eigenvalue weighted by atomic mass is 10.0. The summed E-state index contributed by atoms with van der Waals surface area (Å²) < 4.78 is 0. The van der Waals surface area contributed by atoms with Crippen LogP contribution in [0, 0.1) is 12.8 Å². The maximum Gasteiger partial charge on any atom is 0.251 e. The molecule has 3 amide bonds. The molecule has 0 aliphatic heterocycles. The van der Waals surface area contributed by atoms with Gasteiger partial charge in [-0.15, -0.1) is 0 Å². The van der Waals surface area contributed by atoms with E-state index in [9.17, 15) is 14.4 Å². The molecule has 2 aromatic carbocycles. The Kier molecular flexibility index (Phi) is 7.18. The number of aryl methyl sites for hydroxylation is 1. The van der Waals surface area contributed by atoms with Gasteiger partial charge in [-0.3, -0.25) is 14.4 Å². The SMILES string of the molecule is CC(=O)Nc1ccc(NC(=O)C(NC(=O)c2cccc(C)c2)C(C)C)cc1Cl. The molecule has 0 aliphatic rings. The van der Waals surface area contributed by atoms with Crippen LogP contribution in [0.4, 0.5) is 11.4 Å². The molecule has 6 nitrogen and oxygen atoms in total. The summed E-state index contributed by atoms with van der Waals surface area (Å²) in [4.78, 5) is 36.4. The summed E-state index contributed by atoms with van der Waals surface area (Å²) in [5, 5.41) is 8.46. The van der Waals surface area contributed by atoms with Gasteiger partial charge in [0.05, 0.1) is 10.7 Å². The van der Waals surface area contributed by atoms with Crippen LogP contribution in [0.1, 0.15) is 36.7 Å². The number of rotatable bonds is 6.